The average molecular weight is 351 g/mol. The molecule has 1 aromatic carbocycles. The van der Waals surface area contributed by atoms with Crippen molar-refractivity contribution in [2.75, 3.05) is 13.2 Å². The molecule has 0 radical (unpaired) electrons. The highest BCUT2D eigenvalue weighted by Crippen LogP contribution is 2.28. The largest absolute Gasteiger partial charge is 0.451 e. The topological polar surface area (TPSA) is 81.7 Å². The minimum Gasteiger partial charge on any atom is -0.451 e. The Hall–Kier alpha value is -2.74. The van der Waals surface area contributed by atoms with Crippen LogP contribution in [0, 0.1) is 5.82 Å². The minimum atomic E-state index is -0.895. The molecule has 0 saturated carbocycles. The van der Waals surface area contributed by atoms with Gasteiger partial charge >= 0.3 is 12.1 Å². The Kier molecular flexibility index (Phi) is 6.02. The Morgan fingerprint density at radius 2 is 1.79 bits per heavy atom. The summed E-state index contributed by atoms with van der Waals surface area (Å²) in [5.74, 6) is -1.81. The van der Waals surface area contributed by atoms with Gasteiger partial charge in [-0.15, -0.1) is 11.3 Å². The summed E-state index contributed by atoms with van der Waals surface area (Å²) in [7, 11) is 0. The van der Waals surface area contributed by atoms with E-state index in [0.29, 0.717) is 4.88 Å². The van der Waals surface area contributed by atoms with E-state index in [4.69, 9.17) is 4.74 Å². The number of hydrogen-bond donors (Lipinski definition) is 1. The fourth-order valence-electron chi connectivity index (χ4n) is 1.74. The number of carbonyl (C=O) groups is 3. The first-order valence-electron chi connectivity index (χ1n) is 6.99. The zero-order valence-electron chi connectivity index (χ0n) is 12.7. The Bertz CT molecular complexity index is 741. The number of alkyl carbamates (subject to hydrolysis) is 1. The fourth-order valence-corrected chi connectivity index (χ4v) is 2.64. The second kappa shape index (κ2) is 8.21. The van der Waals surface area contributed by atoms with Crippen molar-refractivity contribution in [2.24, 2.45) is 0 Å². The van der Waals surface area contributed by atoms with E-state index in [1.165, 1.54) is 12.1 Å². The Balaban J connectivity index is 1.90. The molecular formula is C16H14FNO5S. The van der Waals surface area contributed by atoms with Crippen molar-refractivity contribution in [1.82, 2.24) is 5.32 Å². The van der Waals surface area contributed by atoms with E-state index in [1.54, 1.807) is 31.2 Å². The van der Waals surface area contributed by atoms with Crippen molar-refractivity contribution in [1.29, 1.82) is 0 Å². The fraction of sp³-hybridized carbons (Fsp3) is 0.188. The molecule has 0 atom stereocenters. The molecule has 2 aromatic rings. The number of thiophene rings is 1. The standard InChI is InChI=1S/C16H14FNO5S/c1-2-22-16(21)18-14(19)9-23-15(20)13-8-7-12(24-13)10-3-5-11(17)6-4-10/h3-8H,2,9H2,1H3,(H,18,19,21). The van der Waals surface area contributed by atoms with Crippen molar-refractivity contribution in [3.8, 4) is 10.4 Å². The molecule has 6 nitrogen and oxygen atoms in total. The number of ether oxygens (including phenoxy) is 2. The number of nitrogens with one attached hydrogen (secondary N) is 1. The smallest absolute Gasteiger partial charge is 0.413 e. The zero-order valence-corrected chi connectivity index (χ0v) is 13.5. The van der Waals surface area contributed by atoms with Crippen LogP contribution in [0.4, 0.5) is 9.18 Å². The number of amides is 2. The summed E-state index contributed by atoms with van der Waals surface area (Å²) in [4.78, 5) is 35.4. The maximum Gasteiger partial charge on any atom is 0.413 e. The zero-order chi connectivity index (χ0) is 17.5. The van der Waals surface area contributed by atoms with Crippen LogP contribution >= 0.6 is 11.3 Å². The highest BCUT2D eigenvalue weighted by atomic mass is 32.1. The first-order chi connectivity index (χ1) is 11.5. The first-order valence-corrected chi connectivity index (χ1v) is 7.80. The Morgan fingerprint density at radius 3 is 2.46 bits per heavy atom. The van der Waals surface area contributed by atoms with Gasteiger partial charge in [0.2, 0.25) is 0 Å². The van der Waals surface area contributed by atoms with Crippen molar-refractivity contribution in [2.45, 2.75) is 6.92 Å². The van der Waals surface area contributed by atoms with E-state index in [0.717, 1.165) is 21.8 Å². The van der Waals surface area contributed by atoms with Gasteiger partial charge in [-0.2, -0.15) is 0 Å². The first kappa shape index (κ1) is 17.6. The monoisotopic (exact) mass is 351 g/mol. The maximum absolute atomic E-state index is 12.9. The van der Waals surface area contributed by atoms with E-state index in [9.17, 15) is 18.8 Å². The third kappa shape index (κ3) is 4.88. The molecule has 0 unspecified atom stereocenters. The van der Waals surface area contributed by atoms with Crippen molar-refractivity contribution in [3.63, 3.8) is 0 Å². The lowest BCUT2D eigenvalue weighted by Crippen LogP contribution is -2.34. The molecule has 2 amide bonds. The highest BCUT2D eigenvalue weighted by molar-refractivity contribution is 7.17. The summed E-state index contributed by atoms with van der Waals surface area (Å²) in [5, 5.41) is 1.91. The highest BCUT2D eigenvalue weighted by Gasteiger charge is 2.15. The maximum atomic E-state index is 12.9. The van der Waals surface area contributed by atoms with Gasteiger partial charge in [-0.05, 0) is 36.8 Å². The van der Waals surface area contributed by atoms with Gasteiger partial charge < -0.3 is 9.47 Å². The van der Waals surface area contributed by atoms with Crippen LogP contribution in [-0.2, 0) is 14.3 Å². The van der Waals surface area contributed by atoms with Gasteiger partial charge in [0, 0.05) is 4.88 Å². The van der Waals surface area contributed by atoms with Crippen LogP contribution in [0.5, 0.6) is 0 Å². The predicted octanol–water partition coefficient (Wildman–Crippen LogP) is 2.98. The molecule has 1 aromatic heterocycles. The molecule has 0 bridgehead atoms. The molecule has 126 valence electrons. The van der Waals surface area contributed by atoms with E-state index < -0.39 is 24.6 Å². The third-order valence-corrected chi connectivity index (χ3v) is 3.90. The van der Waals surface area contributed by atoms with Crippen LogP contribution < -0.4 is 5.32 Å². The average Bonchev–Trinajstić information content (AvgIpc) is 3.03. The van der Waals surface area contributed by atoms with Crippen LogP contribution in [0.25, 0.3) is 10.4 Å². The number of benzene rings is 1. The van der Waals surface area contributed by atoms with E-state index in [2.05, 4.69) is 4.74 Å². The van der Waals surface area contributed by atoms with Gasteiger partial charge in [-0.1, -0.05) is 12.1 Å². The summed E-state index contributed by atoms with van der Waals surface area (Å²) in [6.45, 7) is 1.13. The lowest BCUT2D eigenvalue weighted by molar-refractivity contribution is -0.123. The molecule has 1 N–H and O–H groups in total. The van der Waals surface area contributed by atoms with Crippen molar-refractivity contribution in [3.05, 3.63) is 47.1 Å². The summed E-state index contributed by atoms with van der Waals surface area (Å²) in [5.41, 5.74) is 0.764. The molecule has 0 saturated heterocycles. The van der Waals surface area contributed by atoms with Crippen LogP contribution in [0.15, 0.2) is 36.4 Å². The molecular weight excluding hydrogens is 337 g/mol. The molecule has 0 aliphatic carbocycles. The number of halogens is 1. The Labute approximate surface area is 141 Å². The van der Waals surface area contributed by atoms with E-state index in [1.807, 2.05) is 5.32 Å². The molecule has 2 rings (SSSR count). The van der Waals surface area contributed by atoms with Crippen molar-refractivity contribution < 1.29 is 28.2 Å². The van der Waals surface area contributed by atoms with Crippen LogP contribution in [-0.4, -0.2) is 31.2 Å². The molecule has 0 aliphatic heterocycles. The van der Waals surface area contributed by atoms with Crippen LogP contribution in [0.2, 0.25) is 0 Å². The Morgan fingerprint density at radius 1 is 1.08 bits per heavy atom. The predicted molar refractivity (Wildman–Crippen MR) is 85.2 cm³/mol. The summed E-state index contributed by atoms with van der Waals surface area (Å²) in [6.07, 6.45) is -0.895. The van der Waals surface area contributed by atoms with Gasteiger partial charge in [-0.3, -0.25) is 10.1 Å². The number of carbonyl (C=O) groups excluding carboxylic acids is 3. The summed E-state index contributed by atoms with van der Waals surface area (Å²) < 4.78 is 22.3. The molecule has 24 heavy (non-hydrogen) atoms. The number of imide groups is 1. The van der Waals surface area contributed by atoms with Gasteiger partial charge in [-0.25, -0.2) is 14.0 Å². The molecule has 8 heteroatoms. The minimum absolute atomic E-state index is 0.125. The van der Waals surface area contributed by atoms with Crippen LogP contribution in [0.3, 0.4) is 0 Å². The normalized spacial score (nSPS) is 10.1. The van der Waals surface area contributed by atoms with E-state index in [-0.39, 0.29) is 12.4 Å². The molecule has 0 aliphatic rings. The summed E-state index contributed by atoms with van der Waals surface area (Å²) in [6, 6.07) is 9.10. The lowest BCUT2D eigenvalue weighted by atomic mass is 10.2. The summed E-state index contributed by atoms with van der Waals surface area (Å²) >= 11 is 1.15. The molecule has 0 fully saturated rings. The quantitative estimate of drug-likeness (QED) is 0.838. The van der Waals surface area contributed by atoms with Crippen molar-refractivity contribution >= 4 is 29.3 Å². The molecule has 0 spiro atoms. The third-order valence-electron chi connectivity index (χ3n) is 2.79. The van der Waals surface area contributed by atoms with Crippen LogP contribution in [0.1, 0.15) is 16.6 Å². The second-order valence-electron chi connectivity index (χ2n) is 4.52. The van der Waals surface area contributed by atoms with Gasteiger partial charge in [0.05, 0.1) is 6.61 Å². The number of esters is 1. The van der Waals surface area contributed by atoms with Gasteiger partial charge in [0.15, 0.2) is 6.61 Å². The van der Waals surface area contributed by atoms with Gasteiger partial charge in [0.25, 0.3) is 5.91 Å². The lowest BCUT2D eigenvalue weighted by Gasteiger charge is -2.04. The van der Waals surface area contributed by atoms with Gasteiger partial charge in [0.1, 0.15) is 10.7 Å². The number of hydrogen-bond acceptors (Lipinski definition) is 6. The second-order valence-corrected chi connectivity index (χ2v) is 5.60. The molecule has 1 heterocycles. The SMILES string of the molecule is CCOC(=O)NC(=O)COC(=O)c1ccc(-c2ccc(F)cc2)s1. The van der Waals surface area contributed by atoms with E-state index >= 15 is 0 Å². The number of rotatable bonds is 5.